The summed E-state index contributed by atoms with van der Waals surface area (Å²) in [5, 5.41) is 4.02. The maximum Gasteiger partial charge on any atom is 0.250 e. The number of nitrogens with zero attached hydrogens (tertiary/aromatic N) is 1. The van der Waals surface area contributed by atoms with E-state index < -0.39 is 0 Å². The number of carbonyl (C=O) groups excluding carboxylic acids is 1. The lowest BCUT2D eigenvalue weighted by molar-refractivity contribution is -0.118. The first kappa shape index (κ1) is 20.7. The molecule has 0 fully saturated rings. The highest BCUT2D eigenvalue weighted by molar-refractivity contribution is 7.99. The lowest BCUT2D eigenvalue weighted by atomic mass is 10.2. The first-order valence-electron chi connectivity index (χ1n) is 9.41. The summed E-state index contributed by atoms with van der Waals surface area (Å²) in [5.74, 6) is 1.87. The molecule has 4 nitrogen and oxygen atoms in total. The fourth-order valence-corrected chi connectivity index (χ4v) is 3.33. The second kappa shape index (κ2) is 11.1. The molecule has 0 aliphatic rings. The summed E-state index contributed by atoms with van der Waals surface area (Å²) < 4.78 is 5.79. The number of rotatable bonds is 9. The van der Waals surface area contributed by atoms with Crippen LogP contribution in [0.2, 0.25) is 0 Å². The molecule has 1 amide bonds. The number of thioether (sulfide) groups is 1. The minimum Gasteiger partial charge on any atom is -0.489 e. The quantitative estimate of drug-likeness (QED) is 0.405. The molecule has 0 radical (unpaired) electrons. The van der Waals surface area contributed by atoms with Crippen molar-refractivity contribution in [3.8, 4) is 5.75 Å². The van der Waals surface area contributed by atoms with Crippen molar-refractivity contribution < 1.29 is 9.53 Å². The summed E-state index contributed by atoms with van der Waals surface area (Å²) in [6, 6.07) is 26.0. The normalized spacial score (nSPS) is 10.8. The monoisotopic (exact) mass is 404 g/mol. The molecular weight excluding hydrogens is 380 g/mol. The van der Waals surface area contributed by atoms with Gasteiger partial charge in [0.25, 0.3) is 0 Å². The lowest BCUT2D eigenvalue weighted by Crippen LogP contribution is -2.19. The van der Waals surface area contributed by atoms with Gasteiger partial charge in [0.1, 0.15) is 12.4 Å². The van der Waals surface area contributed by atoms with E-state index in [2.05, 4.69) is 53.8 Å². The van der Waals surface area contributed by atoms with Gasteiger partial charge >= 0.3 is 0 Å². The van der Waals surface area contributed by atoms with E-state index in [4.69, 9.17) is 4.74 Å². The van der Waals surface area contributed by atoms with Gasteiger partial charge in [-0.15, -0.1) is 11.8 Å². The van der Waals surface area contributed by atoms with E-state index in [0.717, 1.165) is 22.6 Å². The summed E-state index contributed by atoms with van der Waals surface area (Å²) in [4.78, 5) is 11.9. The Morgan fingerprint density at radius 2 is 1.69 bits per heavy atom. The minimum absolute atomic E-state index is 0.111. The van der Waals surface area contributed by atoms with E-state index in [1.807, 2.05) is 42.5 Å². The van der Waals surface area contributed by atoms with Crippen LogP contribution in [0.25, 0.3) is 0 Å². The van der Waals surface area contributed by atoms with Crippen molar-refractivity contribution in [2.24, 2.45) is 5.10 Å². The first-order chi connectivity index (χ1) is 14.2. The van der Waals surface area contributed by atoms with Crippen LogP contribution in [0.15, 0.2) is 84.0 Å². The largest absolute Gasteiger partial charge is 0.489 e. The van der Waals surface area contributed by atoms with Gasteiger partial charge in [-0.2, -0.15) is 5.10 Å². The van der Waals surface area contributed by atoms with Crippen molar-refractivity contribution in [2.45, 2.75) is 19.3 Å². The Morgan fingerprint density at radius 3 is 2.41 bits per heavy atom. The second-order valence-corrected chi connectivity index (χ2v) is 7.60. The molecule has 0 unspecified atom stereocenters. The fourth-order valence-electron chi connectivity index (χ4n) is 2.55. The van der Waals surface area contributed by atoms with Gasteiger partial charge < -0.3 is 4.74 Å². The molecule has 0 bridgehead atoms. The van der Waals surface area contributed by atoms with Crippen molar-refractivity contribution in [2.75, 3.05) is 5.75 Å². The number of ether oxygens (including phenoxy) is 1. The standard InChI is InChI=1S/C24H24N2O2S/c1-19-7-9-21(10-8-19)16-28-23-13-11-20(12-14-23)15-25-26-24(27)18-29-17-22-5-3-2-4-6-22/h2-15H,16-18H2,1H3,(H,26,27)/b25-15+. The van der Waals surface area contributed by atoms with Gasteiger partial charge in [-0.25, -0.2) is 5.43 Å². The van der Waals surface area contributed by atoms with Crippen molar-refractivity contribution in [3.63, 3.8) is 0 Å². The van der Waals surface area contributed by atoms with E-state index in [9.17, 15) is 4.79 Å². The molecule has 29 heavy (non-hydrogen) atoms. The zero-order valence-corrected chi connectivity index (χ0v) is 17.2. The van der Waals surface area contributed by atoms with Gasteiger partial charge in [-0.1, -0.05) is 60.2 Å². The van der Waals surface area contributed by atoms with Crippen LogP contribution in [0.4, 0.5) is 0 Å². The van der Waals surface area contributed by atoms with Gasteiger partial charge in [-0.05, 0) is 47.9 Å². The van der Waals surface area contributed by atoms with Crippen LogP contribution in [0.5, 0.6) is 5.75 Å². The van der Waals surface area contributed by atoms with Crippen LogP contribution in [-0.2, 0) is 17.2 Å². The molecule has 5 heteroatoms. The van der Waals surface area contributed by atoms with Gasteiger partial charge in [0.15, 0.2) is 0 Å². The number of benzene rings is 3. The highest BCUT2D eigenvalue weighted by Crippen LogP contribution is 2.14. The van der Waals surface area contributed by atoms with Gasteiger partial charge in [0, 0.05) is 5.75 Å². The highest BCUT2D eigenvalue weighted by Gasteiger charge is 2.01. The van der Waals surface area contributed by atoms with E-state index in [-0.39, 0.29) is 5.91 Å². The number of hydrazone groups is 1. The molecule has 3 rings (SSSR count). The smallest absolute Gasteiger partial charge is 0.250 e. The molecule has 0 spiro atoms. The Labute approximate surface area is 176 Å². The van der Waals surface area contributed by atoms with Gasteiger partial charge in [0.05, 0.1) is 12.0 Å². The number of hydrogen-bond donors (Lipinski definition) is 1. The number of carbonyl (C=O) groups is 1. The van der Waals surface area contributed by atoms with E-state index in [0.29, 0.717) is 12.4 Å². The third-order valence-electron chi connectivity index (χ3n) is 4.15. The molecule has 0 saturated heterocycles. The molecular formula is C24H24N2O2S. The molecule has 3 aromatic rings. The zero-order chi connectivity index (χ0) is 20.3. The molecule has 0 atom stereocenters. The number of nitrogens with one attached hydrogen (secondary N) is 1. The van der Waals surface area contributed by atoms with Crippen LogP contribution in [0, 0.1) is 6.92 Å². The number of aryl methyl sites for hydroxylation is 1. The third kappa shape index (κ3) is 7.47. The Hall–Kier alpha value is -3.05. The molecule has 0 heterocycles. The maximum absolute atomic E-state index is 11.9. The Kier molecular flexibility index (Phi) is 7.90. The maximum atomic E-state index is 11.9. The summed E-state index contributed by atoms with van der Waals surface area (Å²) in [7, 11) is 0. The van der Waals surface area contributed by atoms with E-state index in [1.165, 1.54) is 11.1 Å². The summed E-state index contributed by atoms with van der Waals surface area (Å²) in [6.45, 7) is 2.60. The molecule has 1 N–H and O–H groups in total. The van der Waals surface area contributed by atoms with Crippen LogP contribution in [-0.4, -0.2) is 17.9 Å². The average Bonchev–Trinajstić information content (AvgIpc) is 2.75. The van der Waals surface area contributed by atoms with Gasteiger partial charge in [0.2, 0.25) is 5.91 Å². The predicted octanol–water partition coefficient (Wildman–Crippen LogP) is 4.96. The van der Waals surface area contributed by atoms with E-state index >= 15 is 0 Å². The van der Waals surface area contributed by atoms with Crippen molar-refractivity contribution in [1.29, 1.82) is 0 Å². The van der Waals surface area contributed by atoms with Crippen molar-refractivity contribution in [3.05, 3.63) is 101 Å². The molecule has 3 aromatic carbocycles. The summed E-state index contributed by atoms with van der Waals surface area (Å²) >= 11 is 1.56. The third-order valence-corrected chi connectivity index (χ3v) is 5.16. The second-order valence-electron chi connectivity index (χ2n) is 6.61. The first-order valence-corrected chi connectivity index (χ1v) is 10.6. The molecule has 0 aliphatic carbocycles. The predicted molar refractivity (Wildman–Crippen MR) is 120 cm³/mol. The Bertz CT molecular complexity index is 923. The van der Waals surface area contributed by atoms with Crippen LogP contribution < -0.4 is 10.2 Å². The highest BCUT2D eigenvalue weighted by atomic mass is 32.2. The van der Waals surface area contributed by atoms with Gasteiger partial charge in [-0.3, -0.25) is 4.79 Å². The molecule has 148 valence electrons. The number of hydrogen-bond acceptors (Lipinski definition) is 4. The number of amides is 1. The summed E-state index contributed by atoms with van der Waals surface area (Å²) in [6.07, 6.45) is 1.63. The summed E-state index contributed by atoms with van der Waals surface area (Å²) in [5.41, 5.74) is 7.03. The zero-order valence-electron chi connectivity index (χ0n) is 16.4. The molecule has 0 aliphatic heterocycles. The SMILES string of the molecule is Cc1ccc(COc2ccc(/C=N/NC(=O)CSCc3ccccc3)cc2)cc1. The van der Waals surface area contributed by atoms with Crippen molar-refractivity contribution in [1.82, 2.24) is 5.43 Å². The fraction of sp³-hybridized carbons (Fsp3) is 0.167. The Balaban J connectivity index is 1.37. The van der Waals surface area contributed by atoms with Crippen LogP contribution in [0.3, 0.4) is 0 Å². The van der Waals surface area contributed by atoms with E-state index in [1.54, 1.807) is 18.0 Å². The van der Waals surface area contributed by atoms with Crippen molar-refractivity contribution >= 4 is 23.9 Å². The lowest BCUT2D eigenvalue weighted by Gasteiger charge is -2.07. The topological polar surface area (TPSA) is 50.7 Å². The molecule has 0 aromatic heterocycles. The van der Waals surface area contributed by atoms with Crippen LogP contribution >= 0.6 is 11.8 Å². The average molecular weight is 405 g/mol. The molecule has 0 saturated carbocycles. The Morgan fingerprint density at radius 1 is 0.966 bits per heavy atom. The minimum atomic E-state index is -0.111. The van der Waals surface area contributed by atoms with Crippen LogP contribution in [0.1, 0.15) is 22.3 Å².